The fourth-order valence-corrected chi connectivity index (χ4v) is 1.67. The highest BCUT2D eigenvalue weighted by atomic mass is 15.2. The van der Waals surface area contributed by atoms with Crippen molar-refractivity contribution in [1.82, 2.24) is 10.2 Å². The summed E-state index contributed by atoms with van der Waals surface area (Å²) in [5, 5.41) is 3.50. The topological polar surface area (TPSA) is 15.3 Å². The van der Waals surface area contributed by atoms with Gasteiger partial charge < -0.3 is 5.32 Å². The largest absolute Gasteiger partial charge is 0.313 e. The molecular weight excluding hydrogens is 160 g/mol. The standard InChI is InChI=1S/C11H22N2/c1-10(2)5-8-13-7-4-6-12-11(3)9-13/h5,11-12H,4,6-9H2,1-3H3. The maximum absolute atomic E-state index is 3.50. The van der Waals surface area contributed by atoms with Crippen molar-refractivity contribution >= 4 is 0 Å². The van der Waals surface area contributed by atoms with Gasteiger partial charge in [0.25, 0.3) is 0 Å². The summed E-state index contributed by atoms with van der Waals surface area (Å²) in [6.07, 6.45) is 3.60. The number of hydrogen-bond acceptors (Lipinski definition) is 2. The first kappa shape index (κ1) is 10.7. The molecule has 1 aliphatic rings. The van der Waals surface area contributed by atoms with Crippen LogP contribution in [0.2, 0.25) is 0 Å². The van der Waals surface area contributed by atoms with Gasteiger partial charge in [0.2, 0.25) is 0 Å². The molecule has 0 amide bonds. The molecule has 1 aliphatic heterocycles. The van der Waals surface area contributed by atoms with Gasteiger partial charge in [0.1, 0.15) is 0 Å². The van der Waals surface area contributed by atoms with Crippen LogP contribution in [0.4, 0.5) is 0 Å². The van der Waals surface area contributed by atoms with Crippen molar-refractivity contribution in [2.24, 2.45) is 0 Å². The Hall–Kier alpha value is -0.340. The molecule has 0 bridgehead atoms. The van der Waals surface area contributed by atoms with Gasteiger partial charge in [-0.3, -0.25) is 4.90 Å². The van der Waals surface area contributed by atoms with Crippen molar-refractivity contribution in [3.05, 3.63) is 11.6 Å². The first-order chi connectivity index (χ1) is 6.18. The first-order valence-electron chi connectivity index (χ1n) is 5.27. The van der Waals surface area contributed by atoms with Crippen LogP contribution in [0.5, 0.6) is 0 Å². The molecule has 2 nitrogen and oxygen atoms in total. The van der Waals surface area contributed by atoms with Crippen LogP contribution in [-0.2, 0) is 0 Å². The van der Waals surface area contributed by atoms with E-state index < -0.39 is 0 Å². The van der Waals surface area contributed by atoms with Gasteiger partial charge in [0, 0.05) is 19.1 Å². The summed E-state index contributed by atoms with van der Waals surface area (Å²) in [5.74, 6) is 0. The van der Waals surface area contributed by atoms with Crippen molar-refractivity contribution in [3.63, 3.8) is 0 Å². The lowest BCUT2D eigenvalue weighted by molar-refractivity contribution is 0.300. The summed E-state index contributed by atoms with van der Waals surface area (Å²) in [6.45, 7) is 11.3. The minimum atomic E-state index is 0.646. The highest BCUT2D eigenvalue weighted by molar-refractivity contribution is 4.95. The Morgan fingerprint density at radius 2 is 2.31 bits per heavy atom. The summed E-state index contributed by atoms with van der Waals surface area (Å²) < 4.78 is 0. The molecule has 2 heteroatoms. The van der Waals surface area contributed by atoms with E-state index in [4.69, 9.17) is 0 Å². The lowest BCUT2D eigenvalue weighted by Crippen LogP contribution is -2.35. The quantitative estimate of drug-likeness (QED) is 0.653. The van der Waals surface area contributed by atoms with Gasteiger partial charge in [-0.2, -0.15) is 0 Å². The molecule has 0 spiro atoms. The smallest absolute Gasteiger partial charge is 0.0166 e. The normalized spacial score (nSPS) is 25.3. The summed E-state index contributed by atoms with van der Waals surface area (Å²) in [7, 11) is 0. The Morgan fingerprint density at radius 1 is 1.54 bits per heavy atom. The van der Waals surface area contributed by atoms with Crippen LogP contribution in [0, 0.1) is 0 Å². The third-order valence-corrected chi connectivity index (χ3v) is 2.43. The van der Waals surface area contributed by atoms with E-state index in [0.717, 1.165) is 6.54 Å². The number of nitrogens with one attached hydrogen (secondary N) is 1. The van der Waals surface area contributed by atoms with Crippen molar-refractivity contribution in [3.8, 4) is 0 Å². The molecule has 1 atom stereocenters. The maximum atomic E-state index is 3.50. The zero-order chi connectivity index (χ0) is 9.68. The van der Waals surface area contributed by atoms with Crippen LogP contribution in [0.25, 0.3) is 0 Å². The monoisotopic (exact) mass is 182 g/mol. The van der Waals surface area contributed by atoms with Gasteiger partial charge in [-0.1, -0.05) is 11.6 Å². The first-order valence-corrected chi connectivity index (χ1v) is 5.27. The van der Waals surface area contributed by atoms with Crippen LogP contribution in [0.1, 0.15) is 27.2 Å². The van der Waals surface area contributed by atoms with Gasteiger partial charge in [-0.25, -0.2) is 0 Å². The Morgan fingerprint density at radius 3 is 3.00 bits per heavy atom. The summed E-state index contributed by atoms with van der Waals surface area (Å²) in [5.41, 5.74) is 1.42. The molecule has 0 saturated carbocycles. The molecule has 0 radical (unpaired) electrons. The van der Waals surface area contributed by atoms with Gasteiger partial charge in [-0.15, -0.1) is 0 Å². The minimum absolute atomic E-state index is 0.646. The molecule has 1 saturated heterocycles. The van der Waals surface area contributed by atoms with Crippen LogP contribution < -0.4 is 5.32 Å². The second-order valence-corrected chi connectivity index (χ2v) is 4.25. The second kappa shape index (κ2) is 5.40. The third-order valence-electron chi connectivity index (χ3n) is 2.43. The van der Waals surface area contributed by atoms with E-state index in [0.29, 0.717) is 6.04 Å². The average Bonchev–Trinajstić information content (AvgIpc) is 2.26. The van der Waals surface area contributed by atoms with Gasteiger partial charge in [0.05, 0.1) is 0 Å². The van der Waals surface area contributed by atoms with Crippen LogP contribution in [0.15, 0.2) is 11.6 Å². The highest BCUT2D eigenvalue weighted by Gasteiger charge is 2.11. The summed E-state index contributed by atoms with van der Waals surface area (Å²) in [4.78, 5) is 2.53. The van der Waals surface area contributed by atoms with E-state index in [1.165, 1.54) is 31.6 Å². The average molecular weight is 182 g/mol. The number of nitrogens with zero attached hydrogens (tertiary/aromatic N) is 1. The van der Waals surface area contributed by atoms with E-state index in [-0.39, 0.29) is 0 Å². The summed E-state index contributed by atoms with van der Waals surface area (Å²) in [6, 6.07) is 0.646. The number of rotatable bonds is 2. The molecule has 0 aromatic rings. The van der Waals surface area contributed by atoms with E-state index >= 15 is 0 Å². The Balaban J connectivity index is 2.35. The van der Waals surface area contributed by atoms with Crippen LogP contribution >= 0.6 is 0 Å². The lowest BCUT2D eigenvalue weighted by atomic mass is 10.3. The Labute approximate surface area is 82.0 Å². The summed E-state index contributed by atoms with van der Waals surface area (Å²) >= 11 is 0. The van der Waals surface area contributed by atoms with Crippen LogP contribution in [-0.4, -0.2) is 37.1 Å². The van der Waals surface area contributed by atoms with Crippen molar-refractivity contribution in [1.29, 1.82) is 0 Å². The van der Waals surface area contributed by atoms with E-state index in [1.807, 2.05) is 0 Å². The van der Waals surface area contributed by atoms with E-state index in [2.05, 4.69) is 37.1 Å². The van der Waals surface area contributed by atoms with E-state index in [1.54, 1.807) is 0 Å². The fraction of sp³-hybridized carbons (Fsp3) is 0.818. The predicted octanol–water partition coefficient (Wildman–Crippen LogP) is 1.64. The third kappa shape index (κ3) is 4.44. The lowest BCUT2D eigenvalue weighted by Gasteiger charge is -2.20. The van der Waals surface area contributed by atoms with Crippen LogP contribution in [0.3, 0.4) is 0 Å². The molecule has 1 N–H and O–H groups in total. The van der Waals surface area contributed by atoms with Gasteiger partial charge in [0.15, 0.2) is 0 Å². The van der Waals surface area contributed by atoms with Crippen molar-refractivity contribution in [2.75, 3.05) is 26.2 Å². The molecule has 0 aromatic carbocycles. The maximum Gasteiger partial charge on any atom is 0.0166 e. The molecule has 1 heterocycles. The fourth-order valence-electron chi connectivity index (χ4n) is 1.67. The molecule has 0 aliphatic carbocycles. The molecule has 1 rings (SSSR count). The second-order valence-electron chi connectivity index (χ2n) is 4.25. The number of hydrogen-bond donors (Lipinski definition) is 1. The Bertz CT molecular complexity index is 171. The van der Waals surface area contributed by atoms with Crippen molar-refractivity contribution < 1.29 is 0 Å². The zero-order valence-electron chi connectivity index (χ0n) is 9.14. The zero-order valence-corrected chi connectivity index (χ0v) is 9.14. The molecular formula is C11H22N2. The Kier molecular flexibility index (Phi) is 4.46. The minimum Gasteiger partial charge on any atom is -0.313 e. The van der Waals surface area contributed by atoms with E-state index in [9.17, 15) is 0 Å². The van der Waals surface area contributed by atoms with Crippen molar-refractivity contribution in [2.45, 2.75) is 33.2 Å². The molecule has 76 valence electrons. The molecule has 13 heavy (non-hydrogen) atoms. The molecule has 1 fully saturated rings. The SMILES string of the molecule is CC(C)=CCN1CCCNC(C)C1. The molecule has 1 unspecified atom stereocenters. The van der Waals surface area contributed by atoms with Gasteiger partial charge in [-0.05, 0) is 40.3 Å². The highest BCUT2D eigenvalue weighted by Crippen LogP contribution is 2.01. The predicted molar refractivity (Wildman–Crippen MR) is 58.0 cm³/mol. The number of allylic oxidation sites excluding steroid dienone is 1. The molecule has 0 aromatic heterocycles. The van der Waals surface area contributed by atoms with Gasteiger partial charge >= 0.3 is 0 Å².